The Hall–Kier alpha value is -1.23. The first-order valence-electron chi connectivity index (χ1n) is 4.30. The van der Waals surface area contributed by atoms with E-state index in [1.54, 1.807) is 6.20 Å². The Morgan fingerprint density at radius 3 is 2.92 bits per heavy atom. The third kappa shape index (κ3) is 1.88. The summed E-state index contributed by atoms with van der Waals surface area (Å²) in [6.07, 6.45) is 5.90. The molecule has 0 N–H and O–H groups in total. The summed E-state index contributed by atoms with van der Waals surface area (Å²) < 4.78 is 0. The Balaban J connectivity index is 2.79. The standard InChI is InChI=1S/C10H15N2/c1-4-7-12(3)10-5-6-11-8-9(10)2/h5-6H,4,7H2,1-3H3/q+1. The Labute approximate surface area is 74.2 Å². The molecule has 0 radical (unpaired) electrons. The van der Waals surface area contributed by atoms with Crippen molar-refractivity contribution in [2.75, 3.05) is 18.5 Å². The van der Waals surface area contributed by atoms with Crippen LogP contribution in [0.2, 0.25) is 0 Å². The van der Waals surface area contributed by atoms with Crippen LogP contribution in [0.1, 0.15) is 18.9 Å². The molecule has 0 saturated carbocycles. The number of anilines is 1. The second-order valence-corrected chi connectivity index (χ2v) is 2.99. The minimum Gasteiger partial charge on any atom is -0.373 e. The Bertz CT molecular complexity index is 245. The molecule has 0 fully saturated rings. The quantitative estimate of drug-likeness (QED) is 0.667. The van der Waals surface area contributed by atoms with Crippen LogP contribution in [0, 0.1) is 13.1 Å². The van der Waals surface area contributed by atoms with Gasteiger partial charge >= 0.3 is 12.4 Å². The van der Waals surface area contributed by atoms with Crippen molar-refractivity contribution in [3.63, 3.8) is 0 Å². The predicted molar refractivity (Wildman–Crippen MR) is 49.2 cm³/mol. The van der Waals surface area contributed by atoms with Crippen LogP contribution >= 0.6 is 0 Å². The van der Waals surface area contributed by atoms with Crippen LogP contribution in [0.3, 0.4) is 0 Å². The molecule has 0 unspecified atom stereocenters. The summed E-state index contributed by atoms with van der Waals surface area (Å²) in [6, 6.07) is 2.03. The van der Waals surface area contributed by atoms with E-state index in [9.17, 15) is 0 Å². The maximum Gasteiger partial charge on any atom is 0.316 e. The fraction of sp³-hybridized carbons (Fsp3) is 0.500. The molecule has 0 aromatic carbocycles. The van der Waals surface area contributed by atoms with E-state index in [0.29, 0.717) is 0 Å². The maximum atomic E-state index is 3.94. The molecule has 0 amide bonds. The minimum atomic E-state index is 1.08. The first-order valence-corrected chi connectivity index (χ1v) is 4.30. The van der Waals surface area contributed by atoms with Crippen molar-refractivity contribution < 1.29 is 4.98 Å². The van der Waals surface area contributed by atoms with Gasteiger partial charge in [-0.05, 0) is 18.3 Å². The van der Waals surface area contributed by atoms with Gasteiger partial charge in [0, 0.05) is 19.7 Å². The van der Waals surface area contributed by atoms with Gasteiger partial charge in [-0.25, -0.2) is 0 Å². The van der Waals surface area contributed by atoms with E-state index in [-0.39, 0.29) is 0 Å². The largest absolute Gasteiger partial charge is 0.373 e. The van der Waals surface area contributed by atoms with Crippen LogP contribution < -0.4 is 9.88 Å². The van der Waals surface area contributed by atoms with Crippen LogP contribution in [-0.2, 0) is 0 Å². The highest BCUT2D eigenvalue weighted by Gasteiger charge is 2.05. The summed E-state index contributed by atoms with van der Waals surface area (Å²) in [5, 5.41) is 0. The molecule has 0 saturated heterocycles. The summed E-state index contributed by atoms with van der Waals surface area (Å²) in [7, 11) is 2.10. The second kappa shape index (κ2) is 3.96. The molecule has 2 heteroatoms. The van der Waals surface area contributed by atoms with Crippen molar-refractivity contribution >= 4 is 5.69 Å². The van der Waals surface area contributed by atoms with Gasteiger partial charge in [-0.3, -0.25) is 0 Å². The zero-order valence-corrected chi connectivity index (χ0v) is 7.96. The van der Waals surface area contributed by atoms with Crippen molar-refractivity contribution in [3.05, 3.63) is 24.0 Å². The van der Waals surface area contributed by atoms with Crippen molar-refractivity contribution in [1.82, 2.24) is 0 Å². The first kappa shape index (κ1) is 8.86. The lowest BCUT2D eigenvalue weighted by Crippen LogP contribution is -2.19. The number of hydrogen-bond donors (Lipinski definition) is 0. The Kier molecular flexibility index (Phi) is 2.93. The van der Waals surface area contributed by atoms with Crippen LogP contribution in [0.15, 0.2) is 12.3 Å². The molecular formula is C10H15N2+. The highest BCUT2D eigenvalue weighted by Crippen LogP contribution is 2.13. The van der Waals surface area contributed by atoms with Crippen LogP contribution in [-0.4, -0.2) is 13.6 Å². The van der Waals surface area contributed by atoms with Crippen molar-refractivity contribution in [3.8, 4) is 0 Å². The van der Waals surface area contributed by atoms with E-state index in [4.69, 9.17) is 0 Å². The third-order valence-electron chi connectivity index (χ3n) is 1.89. The number of aromatic nitrogens is 1. The second-order valence-electron chi connectivity index (χ2n) is 2.99. The van der Waals surface area contributed by atoms with E-state index in [2.05, 4.69) is 30.1 Å². The monoisotopic (exact) mass is 163 g/mol. The molecule has 1 aromatic rings. The third-order valence-corrected chi connectivity index (χ3v) is 1.89. The van der Waals surface area contributed by atoms with Crippen molar-refractivity contribution in [1.29, 1.82) is 0 Å². The van der Waals surface area contributed by atoms with E-state index >= 15 is 0 Å². The Morgan fingerprint density at radius 2 is 2.33 bits per heavy atom. The number of nitrogens with zero attached hydrogens (tertiary/aromatic N) is 2. The lowest BCUT2D eigenvalue weighted by molar-refractivity contribution is -0.294. The Morgan fingerprint density at radius 1 is 1.58 bits per heavy atom. The van der Waals surface area contributed by atoms with Gasteiger partial charge in [-0.2, -0.15) is 0 Å². The highest BCUT2D eigenvalue weighted by molar-refractivity contribution is 5.48. The molecule has 0 atom stereocenters. The summed E-state index contributed by atoms with van der Waals surface area (Å²) in [5.41, 5.74) is 2.35. The average molecular weight is 163 g/mol. The molecule has 64 valence electrons. The van der Waals surface area contributed by atoms with Crippen LogP contribution in [0.25, 0.3) is 0 Å². The van der Waals surface area contributed by atoms with E-state index < -0.39 is 0 Å². The molecular weight excluding hydrogens is 148 g/mol. The lowest BCUT2D eigenvalue weighted by Gasteiger charge is -2.17. The average Bonchev–Trinajstić information content (AvgIpc) is 2.05. The molecule has 0 aliphatic heterocycles. The summed E-state index contributed by atoms with van der Waals surface area (Å²) >= 11 is 0. The van der Waals surface area contributed by atoms with Crippen molar-refractivity contribution in [2.24, 2.45) is 0 Å². The maximum absolute atomic E-state index is 3.94. The van der Waals surface area contributed by atoms with Gasteiger partial charge < -0.3 is 4.90 Å². The first-order chi connectivity index (χ1) is 5.75. The zero-order valence-electron chi connectivity index (χ0n) is 7.96. The van der Waals surface area contributed by atoms with Crippen LogP contribution in [0.5, 0.6) is 0 Å². The molecule has 0 aliphatic carbocycles. The van der Waals surface area contributed by atoms with Gasteiger partial charge in [0.2, 0.25) is 0 Å². The minimum absolute atomic E-state index is 1.08. The summed E-state index contributed by atoms with van der Waals surface area (Å²) in [6.45, 7) is 5.30. The van der Waals surface area contributed by atoms with Crippen molar-refractivity contribution in [2.45, 2.75) is 20.3 Å². The van der Waals surface area contributed by atoms with Gasteiger partial charge in [-0.1, -0.05) is 6.92 Å². The molecule has 1 heterocycles. The SMILES string of the molecule is CCCN(C)c1cc[n+]#cc1C. The molecule has 0 aliphatic rings. The lowest BCUT2D eigenvalue weighted by atomic mass is 10.2. The molecule has 1 rings (SSSR count). The van der Waals surface area contributed by atoms with Gasteiger partial charge in [-0.15, -0.1) is 0 Å². The summed E-state index contributed by atoms with van der Waals surface area (Å²) in [5.74, 6) is 0. The number of hydrogen-bond acceptors (Lipinski definition) is 1. The fourth-order valence-electron chi connectivity index (χ4n) is 1.29. The molecule has 0 spiro atoms. The highest BCUT2D eigenvalue weighted by atomic mass is 15.1. The molecule has 1 aromatic heterocycles. The van der Waals surface area contributed by atoms with Crippen LogP contribution in [0.4, 0.5) is 5.69 Å². The zero-order chi connectivity index (χ0) is 8.97. The van der Waals surface area contributed by atoms with Gasteiger partial charge in [0.25, 0.3) is 0 Å². The van der Waals surface area contributed by atoms with Gasteiger partial charge in [0.05, 0.1) is 11.3 Å². The van der Waals surface area contributed by atoms with E-state index in [0.717, 1.165) is 18.5 Å². The normalized spacial score (nSPS) is 9.25. The smallest absolute Gasteiger partial charge is 0.316 e. The molecule has 2 nitrogen and oxygen atoms in total. The molecule has 12 heavy (non-hydrogen) atoms. The van der Waals surface area contributed by atoms with Gasteiger partial charge in [0.15, 0.2) is 0 Å². The number of rotatable bonds is 3. The van der Waals surface area contributed by atoms with E-state index in [1.165, 1.54) is 5.69 Å². The fourth-order valence-corrected chi connectivity index (χ4v) is 1.29. The van der Waals surface area contributed by atoms with Gasteiger partial charge in [0.1, 0.15) is 0 Å². The predicted octanol–water partition coefficient (Wildman–Crippen LogP) is 1.24. The summed E-state index contributed by atoms with van der Waals surface area (Å²) in [4.78, 5) is 6.17. The molecule has 0 bridgehead atoms. The van der Waals surface area contributed by atoms with E-state index in [1.807, 2.05) is 13.0 Å². The topological polar surface area (TPSA) is 17.3 Å².